The SMILES string of the molecule is Cn1c(SCCSc2nc3c(c(=O)[nH]c(=O)n3C)n2C)nc2c1c(=O)[nH]c(=O)n2C. The van der Waals surface area contributed by atoms with E-state index in [0.717, 1.165) is 0 Å². The van der Waals surface area contributed by atoms with Crippen LogP contribution in [0.3, 0.4) is 0 Å². The average Bonchev–Trinajstić information content (AvgIpc) is 3.20. The van der Waals surface area contributed by atoms with Crippen molar-refractivity contribution < 1.29 is 0 Å². The molecule has 12 nitrogen and oxygen atoms in total. The summed E-state index contributed by atoms with van der Waals surface area (Å²) in [4.78, 5) is 61.1. The number of imidazole rings is 2. The van der Waals surface area contributed by atoms with Crippen LogP contribution in [-0.4, -0.2) is 49.7 Å². The molecule has 30 heavy (non-hydrogen) atoms. The molecule has 2 N–H and O–H groups in total. The van der Waals surface area contributed by atoms with E-state index in [-0.39, 0.29) is 0 Å². The molecule has 0 unspecified atom stereocenters. The van der Waals surface area contributed by atoms with Crippen molar-refractivity contribution in [1.29, 1.82) is 0 Å². The summed E-state index contributed by atoms with van der Waals surface area (Å²) in [5, 5.41) is 1.22. The number of H-pyrrole nitrogens is 2. The Labute approximate surface area is 176 Å². The molecular formula is C16H18N8O4S2. The third-order valence-electron chi connectivity index (χ3n) is 4.73. The number of thioether (sulfide) groups is 2. The van der Waals surface area contributed by atoms with Gasteiger partial charge in [0.1, 0.15) is 0 Å². The molecule has 0 aromatic carbocycles. The molecular weight excluding hydrogens is 432 g/mol. The van der Waals surface area contributed by atoms with Gasteiger partial charge in [-0.05, 0) is 0 Å². The van der Waals surface area contributed by atoms with Crippen LogP contribution in [0, 0.1) is 0 Å². The molecule has 4 rings (SSSR count). The second-order valence-corrected chi connectivity index (χ2v) is 8.71. The van der Waals surface area contributed by atoms with Crippen molar-refractivity contribution in [3.8, 4) is 0 Å². The summed E-state index contributed by atoms with van der Waals surface area (Å²) >= 11 is 2.88. The van der Waals surface area contributed by atoms with Crippen LogP contribution in [0.4, 0.5) is 0 Å². The maximum Gasteiger partial charge on any atom is 0.329 e. The largest absolute Gasteiger partial charge is 0.329 e. The van der Waals surface area contributed by atoms with Gasteiger partial charge in [0, 0.05) is 39.7 Å². The molecule has 0 radical (unpaired) electrons. The van der Waals surface area contributed by atoms with E-state index >= 15 is 0 Å². The monoisotopic (exact) mass is 450 g/mol. The van der Waals surface area contributed by atoms with E-state index in [0.29, 0.717) is 44.1 Å². The van der Waals surface area contributed by atoms with E-state index in [1.165, 1.54) is 32.7 Å². The first kappa shape index (κ1) is 20.3. The highest BCUT2D eigenvalue weighted by atomic mass is 32.2. The van der Waals surface area contributed by atoms with Crippen molar-refractivity contribution in [3.05, 3.63) is 41.7 Å². The maximum absolute atomic E-state index is 12.1. The molecule has 4 aromatic heterocycles. The highest BCUT2D eigenvalue weighted by Crippen LogP contribution is 2.24. The minimum Gasteiger partial charge on any atom is -0.316 e. The van der Waals surface area contributed by atoms with E-state index < -0.39 is 22.5 Å². The Morgan fingerprint density at radius 1 is 0.667 bits per heavy atom. The summed E-state index contributed by atoms with van der Waals surface area (Å²) in [6.07, 6.45) is 0. The standard InChI is InChI=1S/C16H18N8O4S2/c1-21-7-9(23(3)13(27)19-11(7)25)17-15(21)29-5-6-30-16-18-10-8(22(16)2)12(26)20-14(28)24(10)4/h5-6H2,1-4H3,(H,19,25,27)(H,20,26,28). The molecule has 0 spiro atoms. The summed E-state index contributed by atoms with van der Waals surface area (Å²) in [7, 11) is 6.56. The summed E-state index contributed by atoms with van der Waals surface area (Å²) in [5.74, 6) is 1.29. The Bertz CT molecular complexity index is 1420. The summed E-state index contributed by atoms with van der Waals surface area (Å²) in [6.45, 7) is 0. The van der Waals surface area contributed by atoms with Crippen LogP contribution in [0.2, 0.25) is 0 Å². The fraction of sp³-hybridized carbons (Fsp3) is 0.375. The number of aromatic nitrogens is 8. The minimum atomic E-state index is -0.510. The lowest BCUT2D eigenvalue weighted by atomic mass is 10.5. The Hall–Kier alpha value is -3.00. The van der Waals surface area contributed by atoms with Gasteiger partial charge in [-0.1, -0.05) is 23.5 Å². The summed E-state index contributed by atoms with van der Waals surface area (Å²) in [5.41, 5.74) is -0.633. The van der Waals surface area contributed by atoms with Crippen LogP contribution in [0.15, 0.2) is 29.5 Å². The fourth-order valence-corrected chi connectivity index (χ4v) is 5.00. The van der Waals surface area contributed by atoms with Gasteiger partial charge in [0.15, 0.2) is 32.6 Å². The number of nitrogens with zero attached hydrogens (tertiary/aromatic N) is 6. The quantitative estimate of drug-likeness (QED) is 0.294. The van der Waals surface area contributed by atoms with Crippen molar-refractivity contribution >= 4 is 45.9 Å². The topological polar surface area (TPSA) is 145 Å². The van der Waals surface area contributed by atoms with Crippen LogP contribution in [0.25, 0.3) is 22.3 Å². The van der Waals surface area contributed by atoms with Gasteiger partial charge in [-0.15, -0.1) is 0 Å². The van der Waals surface area contributed by atoms with Crippen molar-refractivity contribution in [2.45, 2.75) is 10.3 Å². The third-order valence-corrected chi connectivity index (χ3v) is 7.05. The molecule has 158 valence electrons. The Balaban J connectivity index is 1.54. The van der Waals surface area contributed by atoms with Crippen molar-refractivity contribution in [1.82, 2.24) is 38.2 Å². The zero-order valence-corrected chi connectivity index (χ0v) is 18.2. The van der Waals surface area contributed by atoms with E-state index in [9.17, 15) is 19.2 Å². The molecule has 4 aromatic rings. The van der Waals surface area contributed by atoms with Crippen LogP contribution >= 0.6 is 23.5 Å². The number of fused-ring (bicyclic) bond motifs is 2. The zero-order valence-electron chi connectivity index (χ0n) is 16.5. The molecule has 0 aliphatic carbocycles. The Morgan fingerprint density at radius 2 is 1.03 bits per heavy atom. The van der Waals surface area contributed by atoms with Gasteiger partial charge >= 0.3 is 11.4 Å². The Morgan fingerprint density at radius 3 is 1.40 bits per heavy atom. The molecule has 0 fully saturated rings. The van der Waals surface area contributed by atoms with E-state index in [2.05, 4.69) is 19.9 Å². The molecule has 0 aliphatic rings. The van der Waals surface area contributed by atoms with Crippen molar-refractivity contribution in [2.24, 2.45) is 28.2 Å². The van der Waals surface area contributed by atoms with E-state index in [1.54, 1.807) is 37.3 Å². The Kier molecular flexibility index (Phi) is 4.97. The molecule has 0 saturated carbocycles. The number of rotatable bonds is 5. The molecule has 0 atom stereocenters. The van der Waals surface area contributed by atoms with Gasteiger partial charge in [-0.3, -0.25) is 28.7 Å². The highest BCUT2D eigenvalue weighted by Gasteiger charge is 2.17. The molecule has 0 amide bonds. The highest BCUT2D eigenvalue weighted by molar-refractivity contribution is 8.02. The maximum atomic E-state index is 12.1. The lowest BCUT2D eigenvalue weighted by Crippen LogP contribution is -2.29. The molecule has 0 saturated heterocycles. The van der Waals surface area contributed by atoms with Gasteiger partial charge in [0.25, 0.3) is 11.1 Å². The number of hydrogen-bond acceptors (Lipinski definition) is 8. The first-order chi connectivity index (χ1) is 14.2. The number of hydrogen-bond donors (Lipinski definition) is 2. The van der Waals surface area contributed by atoms with Crippen LogP contribution in [-0.2, 0) is 28.2 Å². The molecule has 4 heterocycles. The van der Waals surface area contributed by atoms with Crippen molar-refractivity contribution in [2.75, 3.05) is 11.5 Å². The predicted octanol–water partition coefficient (Wildman–Crippen LogP) is -0.882. The number of aromatic amines is 2. The van der Waals surface area contributed by atoms with E-state index in [4.69, 9.17) is 0 Å². The predicted molar refractivity (Wildman–Crippen MR) is 115 cm³/mol. The summed E-state index contributed by atoms with van der Waals surface area (Å²) < 4.78 is 5.92. The van der Waals surface area contributed by atoms with Crippen molar-refractivity contribution in [3.63, 3.8) is 0 Å². The normalized spacial score (nSPS) is 11.7. The van der Waals surface area contributed by atoms with Gasteiger partial charge in [-0.25, -0.2) is 19.6 Å². The first-order valence-electron chi connectivity index (χ1n) is 8.77. The number of nitrogens with one attached hydrogen (secondary N) is 2. The minimum absolute atomic E-state index is 0.330. The lowest BCUT2D eigenvalue weighted by molar-refractivity contribution is 0.809. The zero-order chi connectivity index (χ0) is 21.7. The molecule has 0 bridgehead atoms. The van der Waals surface area contributed by atoms with Gasteiger partial charge in [0.2, 0.25) is 0 Å². The van der Waals surface area contributed by atoms with Gasteiger partial charge in [-0.2, -0.15) is 0 Å². The first-order valence-corrected chi connectivity index (χ1v) is 10.7. The average molecular weight is 451 g/mol. The summed E-state index contributed by atoms with van der Waals surface area (Å²) in [6, 6.07) is 0. The second kappa shape index (κ2) is 7.36. The number of aryl methyl sites for hydroxylation is 4. The van der Waals surface area contributed by atoms with E-state index in [1.807, 2.05) is 0 Å². The van der Waals surface area contributed by atoms with Crippen LogP contribution in [0.5, 0.6) is 0 Å². The van der Waals surface area contributed by atoms with Crippen LogP contribution < -0.4 is 22.5 Å². The van der Waals surface area contributed by atoms with Gasteiger partial charge < -0.3 is 9.13 Å². The second-order valence-electron chi connectivity index (χ2n) is 6.58. The fourth-order valence-electron chi connectivity index (χ4n) is 3.10. The van der Waals surface area contributed by atoms with Crippen LogP contribution in [0.1, 0.15) is 0 Å². The smallest absolute Gasteiger partial charge is 0.316 e. The van der Waals surface area contributed by atoms with Gasteiger partial charge in [0.05, 0.1) is 0 Å². The third kappa shape index (κ3) is 3.11. The lowest BCUT2D eigenvalue weighted by Gasteiger charge is -2.03. The molecule has 14 heteroatoms. The molecule has 0 aliphatic heterocycles.